The molecular weight excluding hydrogens is 196 g/mol. The van der Waals surface area contributed by atoms with Gasteiger partial charge in [-0.2, -0.15) is 12.7 Å². The van der Waals surface area contributed by atoms with Crippen LogP contribution in [0.25, 0.3) is 0 Å². The van der Waals surface area contributed by atoms with Gasteiger partial charge in [0, 0.05) is 7.05 Å². The van der Waals surface area contributed by atoms with Gasteiger partial charge in [0.15, 0.2) is 0 Å². The Kier molecular flexibility index (Phi) is 3.28. The third-order valence-electron chi connectivity index (χ3n) is 1.03. The Balaban J connectivity index is 4.48. The SMILES string of the molecule is CN(C(=O)OC(C)(C)C)S(N)(=O)=O. The number of hydrogen-bond acceptors (Lipinski definition) is 4. The van der Waals surface area contributed by atoms with E-state index in [1.165, 1.54) is 0 Å². The zero-order valence-corrected chi connectivity index (χ0v) is 8.88. The van der Waals surface area contributed by atoms with Crippen LogP contribution in [0.5, 0.6) is 0 Å². The summed E-state index contributed by atoms with van der Waals surface area (Å²) in [5.41, 5.74) is -0.740. The van der Waals surface area contributed by atoms with Gasteiger partial charge in [0.25, 0.3) is 0 Å². The van der Waals surface area contributed by atoms with Crippen molar-refractivity contribution in [3.63, 3.8) is 0 Å². The average molecular weight is 210 g/mol. The van der Waals surface area contributed by atoms with Gasteiger partial charge in [-0.05, 0) is 20.8 Å². The maximum atomic E-state index is 11.0. The highest BCUT2D eigenvalue weighted by molar-refractivity contribution is 7.87. The molecule has 0 heterocycles. The minimum absolute atomic E-state index is 0.345. The Labute approximate surface area is 77.8 Å². The summed E-state index contributed by atoms with van der Waals surface area (Å²) in [6, 6.07) is 0. The fourth-order valence-corrected chi connectivity index (χ4v) is 0.675. The number of ether oxygens (including phenoxy) is 1. The van der Waals surface area contributed by atoms with Crippen molar-refractivity contribution >= 4 is 16.3 Å². The number of hydrogen-bond donors (Lipinski definition) is 1. The first-order chi connectivity index (χ1) is 5.54. The van der Waals surface area contributed by atoms with E-state index in [9.17, 15) is 13.2 Å². The fraction of sp³-hybridized carbons (Fsp3) is 0.833. The zero-order chi connectivity index (χ0) is 10.9. The predicted molar refractivity (Wildman–Crippen MR) is 47.1 cm³/mol. The van der Waals surface area contributed by atoms with Gasteiger partial charge in [-0.25, -0.2) is 9.93 Å². The molecule has 0 saturated carbocycles. The van der Waals surface area contributed by atoms with E-state index < -0.39 is 21.9 Å². The third-order valence-corrected chi connectivity index (χ3v) is 1.94. The lowest BCUT2D eigenvalue weighted by molar-refractivity contribution is 0.0420. The van der Waals surface area contributed by atoms with Crippen LogP contribution in [0, 0.1) is 0 Å². The lowest BCUT2D eigenvalue weighted by Gasteiger charge is -2.22. The van der Waals surface area contributed by atoms with Gasteiger partial charge in [-0.3, -0.25) is 0 Å². The second kappa shape index (κ2) is 3.51. The van der Waals surface area contributed by atoms with E-state index in [0.717, 1.165) is 7.05 Å². The van der Waals surface area contributed by atoms with E-state index in [1.54, 1.807) is 20.8 Å². The van der Waals surface area contributed by atoms with E-state index in [-0.39, 0.29) is 0 Å². The van der Waals surface area contributed by atoms with Crippen LogP contribution >= 0.6 is 0 Å². The molecule has 2 N–H and O–H groups in total. The van der Waals surface area contributed by atoms with Gasteiger partial charge in [0.1, 0.15) is 5.60 Å². The number of rotatable bonds is 1. The molecule has 0 aromatic rings. The molecular formula is C6H14N2O4S. The molecule has 1 amide bonds. The molecule has 0 aliphatic heterocycles. The van der Waals surface area contributed by atoms with Crippen molar-refractivity contribution in [2.24, 2.45) is 5.14 Å². The second-order valence-electron chi connectivity index (χ2n) is 3.49. The molecule has 7 heteroatoms. The van der Waals surface area contributed by atoms with E-state index >= 15 is 0 Å². The highest BCUT2D eigenvalue weighted by Gasteiger charge is 2.25. The molecule has 0 radical (unpaired) electrons. The van der Waals surface area contributed by atoms with Crippen LogP contribution in [0.1, 0.15) is 20.8 Å². The Morgan fingerprint density at radius 2 is 1.77 bits per heavy atom. The van der Waals surface area contributed by atoms with Crippen LogP contribution in [0.2, 0.25) is 0 Å². The molecule has 13 heavy (non-hydrogen) atoms. The summed E-state index contributed by atoms with van der Waals surface area (Å²) in [7, 11) is -2.98. The molecule has 0 rings (SSSR count). The summed E-state index contributed by atoms with van der Waals surface area (Å²) < 4.78 is 26.4. The summed E-state index contributed by atoms with van der Waals surface area (Å²) in [4.78, 5) is 11.0. The average Bonchev–Trinajstić information content (AvgIpc) is 1.79. The highest BCUT2D eigenvalue weighted by atomic mass is 32.2. The van der Waals surface area contributed by atoms with Gasteiger partial charge in [0.05, 0.1) is 0 Å². The van der Waals surface area contributed by atoms with E-state index in [2.05, 4.69) is 0 Å². The number of amides is 1. The molecule has 0 bridgehead atoms. The van der Waals surface area contributed by atoms with Crippen molar-refractivity contribution in [1.29, 1.82) is 0 Å². The highest BCUT2D eigenvalue weighted by Crippen LogP contribution is 2.09. The van der Waals surface area contributed by atoms with Crippen LogP contribution < -0.4 is 5.14 Å². The Hall–Kier alpha value is -0.820. The fourth-order valence-electron chi connectivity index (χ4n) is 0.430. The van der Waals surface area contributed by atoms with E-state index in [1.807, 2.05) is 0 Å². The molecule has 0 aliphatic carbocycles. The number of carbonyl (C=O) groups is 1. The molecule has 78 valence electrons. The smallest absolute Gasteiger partial charge is 0.424 e. The molecule has 0 spiro atoms. The largest absolute Gasteiger partial charge is 0.443 e. The predicted octanol–water partition coefficient (Wildman–Crippen LogP) is 0.0568. The van der Waals surface area contributed by atoms with Crippen molar-refractivity contribution in [3.05, 3.63) is 0 Å². The van der Waals surface area contributed by atoms with Crippen LogP contribution in [-0.2, 0) is 14.9 Å². The van der Waals surface area contributed by atoms with Gasteiger partial charge in [-0.15, -0.1) is 0 Å². The molecule has 0 saturated heterocycles. The van der Waals surface area contributed by atoms with Crippen LogP contribution in [0.15, 0.2) is 0 Å². The van der Waals surface area contributed by atoms with Crippen molar-refractivity contribution < 1.29 is 17.9 Å². The molecule has 0 aliphatic rings. The van der Waals surface area contributed by atoms with E-state index in [4.69, 9.17) is 9.88 Å². The lowest BCUT2D eigenvalue weighted by Crippen LogP contribution is -2.41. The Bertz CT molecular complexity index is 290. The van der Waals surface area contributed by atoms with Crippen LogP contribution in [0.3, 0.4) is 0 Å². The molecule has 0 aromatic carbocycles. The topological polar surface area (TPSA) is 89.7 Å². The lowest BCUT2D eigenvalue weighted by atomic mass is 10.2. The first-order valence-electron chi connectivity index (χ1n) is 3.53. The first kappa shape index (κ1) is 12.2. The first-order valence-corrected chi connectivity index (χ1v) is 5.04. The molecule has 6 nitrogen and oxygen atoms in total. The zero-order valence-electron chi connectivity index (χ0n) is 8.07. The van der Waals surface area contributed by atoms with Crippen molar-refractivity contribution in [2.45, 2.75) is 26.4 Å². The molecule has 0 atom stereocenters. The van der Waals surface area contributed by atoms with Gasteiger partial charge >= 0.3 is 16.3 Å². The minimum Gasteiger partial charge on any atom is -0.443 e. The second-order valence-corrected chi connectivity index (χ2v) is 5.07. The van der Waals surface area contributed by atoms with Gasteiger partial charge in [0.2, 0.25) is 0 Å². The number of carbonyl (C=O) groups excluding carboxylic acids is 1. The van der Waals surface area contributed by atoms with Crippen molar-refractivity contribution in [1.82, 2.24) is 4.31 Å². The van der Waals surface area contributed by atoms with Gasteiger partial charge in [-0.1, -0.05) is 0 Å². The Morgan fingerprint density at radius 1 is 1.38 bits per heavy atom. The summed E-state index contributed by atoms with van der Waals surface area (Å²) in [5.74, 6) is 0. The van der Waals surface area contributed by atoms with Crippen molar-refractivity contribution in [2.75, 3.05) is 7.05 Å². The number of nitrogens with two attached hydrogens (primary N) is 1. The summed E-state index contributed by atoms with van der Waals surface area (Å²) >= 11 is 0. The third kappa shape index (κ3) is 4.69. The minimum atomic E-state index is -4.02. The maximum absolute atomic E-state index is 11.0. The van der Waals surface area contributed by atoms with Crippen LogP contribution in [0.4, 0.5) is 4.79 Å². The molecule has 0 fully saturated rings. The summed E-state index contributed by atoms with van der Waals surface area (Å²) in [6.45, 7) is 4.88. The van der Waals surface area contributed by atoms with Crippen LogP contribution in [-0.4, -0.2) is 31.5 Å². The van der Waals surface area contributed by atoms with Gasteiger partial charge < -0.3 is 4.74 Å². The molecule has 0 unspecified atom stereocenters. The quantitative estimate of drug-likeness (QED) is 0.662. The standard InChI is InChI=1S/C6H14N2O4S/c1-6(2,3)12-5(9)8(4)13(7,10)11/h1-4H3,(H2,7,10,11). The summed E-state index contributed by atoms with van der Waals surface area (Å²) in [6.07, 6.45) is -0.991. The van der Waals surface area contributed by atoms with E-state index in [0.29, 0.717) is 4.31 Å². The monoisotopic (exact) mass is 210 g/mol. The maximum Gasteiger partial charge on any atom is 0.424 e. The Morgan fingerprint density at radius 3 is 2.00 bits per heavy atom. The summed E-state index contributed by atoms with van der Waals surface area (Å²) in [5, 5.41) is 4.70. The molecule has 0 aromatic heterocycles. The normalized spacial score (nSPS) is 12.4. The van der Waals surface area contributed by atoms with Crippen molar-refractivity contribution in [3.8, 4) is 0 Å². The number of nitrogens with zero attached hydrogens (tertiary/aromatic N) is 1.